The molecule has 0 fully saturated rings. The second kappa shape index (κ2) is 12.3. The monoisotopic (exact) mass is 622 g/mol. The van der Waals surface area contributed by atoms with Crippen LogP contribution in [-0.2, 0) is 27.6 Å². The number of aryl methyl sites for hydroxylation is 1. The van der Waals surface area contributed by atoms with Gasteiger partial charge in [0.2, 0.25) is 0 Å². The predicted octanol–water partition coefficient (Wildman–Crippen LogP) is 4.48. The van der Waals surface area contributed by atoms with E-state index in [4.69, 9.17) is 19.5 Å². The summed E-state index contributed by atoms with van der Waals surface area (Å²) in [4.78, 5) is 37.1. The summed E-state index contributed by atoms with van der Waals surface area (Å²) in [6, 6.07) is 10.9. The maximum Gasteiger partial charge on any atom is 0.337 e. The van der Waals surface area contributed by atoms with Crippen molar-refractivity contribution in [1.29, 1.82) is 10.0 Å². The number of nitriles is 1. The molecule has 0 radical (unpaired) electrons. The Labute approximate surface area is 251 Å². The van der Waals surface area contributed by atoms with E-state index < -0.39 is 21.5 Å². The number of esters is 1. The first-order valence-electron chi connectivity index (χ1n) is 13.1. The Bertz CT molecular complexity index is 1910. The Morgan fingerprint density at radius 2 is 2.07 bits per heavy atom. The number of ether oxygens (including phenoxy) is 2. The molecule has 1 aliphatic heterocycles. The van der Waals surface area contributed by atoms with Crippen LogP contribution in [0, 0.1) is 21.9 Å². The van der Waals surface area contributed by atoms with Gasteiger partial charge in [-0.15, -0.1) is 0 Å². The van der Waals surface area contributed by atoms with Crippen LogP contribution in [0.25, 0.3) is 16.6 Å². The molecule has 0 aliphatic carbocycles. The summed E-state index contributed by atoms with van der Waals surface area (Å²) < 4.78 is 46.3. The highest BCUT2D eigenvalue weighted by atomic mass is 32.2. The minimum absolute atomic E-state index is 0.0127. The van der Waals surface area contributed by atoms with Gasteiger partial charge in [-0.2, -0.15) is 5.26 Å². The molecule has 14 heteroatoms. The zero-order chi connectivity index (χ0) is 30.7. The Hall–Kier alpha value is -4.61. The molecule has 43 heavy (non-hydrogen) atoms. The molecule has 4 aromatic rings. The molecule has 1 unspecified atom stereocenters. The van der Waals surface area contributed by atoms with E-state index in [9.17, 15) is 18.2 Å². The number of imidazole rings is 1. The van der Waals surface area contributed by atoms with Gasteiger partial charge in [0.15, 0.2) is 5.82 Å². The molecule has 3 heterocycles. The normalized spacial score (nSPS) is 14.6. The number of methoxy groups -OCH3 is 1. The number of carbonyl (C=O) groups is 2. The van der Waals surface area contributed by atoms with Crippen molar-refractivity contribution in [3.05, 3.63) is 81.9 Å². The average molecular weight is 623 g/mol. The molecule has 11 nitrogen and oxygen atoms in total. The van der Waals surface area contributed by atoms with E-state index >= 15 is 0 Å². The molecular formula is C29H27FN6O5S2. The molecular weight excluding hydrogens is 595 g/mol. The van der Waals surface area contributed by atoms with E-state index in [1.165, 1.54) is 36.8 Å². The molecule has 222 valence electrons. The fourth-order valence-electron chi connectivity index (χ4n) is 4.59. The number of hydrogen-bond donors (Lipinski definition) is 1. The van der Waals surface area contributed by atoms with Crippen molar-refractivity contribution in [3.63, 3.8) is 0 Å². The highest BCUT2D eigenvalue weighted by Gasteiger charge is 2.26. The van der Waals surface area contributed by atoms with Crippen molar-refractivity contribution >= 4 is 49.5 Å². The summed E-state index contributed by atoms with van der Waals surface area (Å²) in [6.07, 6.45) is 5.51. The second-order valence-electron chi connectivity index (χ2n) is 9.92. The van der Waals surface area contributed by atoms with E-state index in [1.807, 2.05) is 12.1 Å². The van der Waals surface area contributed by atoms with Crippen molar-refractivity contribution in [2.75, 3.05) is 32.2 Å². The largest absolute Gasteiger partial charge is 0.465 e. The molecule has 1 atom stereocenters. The first-order chi connectivity index (χ1) is 20.6. The lowest BCUT2D eigenvalue weighted by Crippen LogP contribution is -2.36. The molecule has 2 aromatic heterocycles. The van der Waals surface area contributed by atoms with Gasteiger partial charge in [-0.25, -0.2) is 19.2 Å². The number of halogens is 1. The molecule has 1 amide bonds. The van der Waals surface area contributed by atoms with E-state index in [1.54, 1.807) is 33.9 Å². The number of fused-ring (bicyclic) bond motifs is 1. The molecule has 0 saturated heterocycles. The predicted molar refractivity (Wildman–Crippen MR) is 159 cm³/mol. The van der Waals surface area contributed by atoms with Gasteiger partial charge in [-0.1, -0.05) is 23.5 Å². The number of nitrogens with zero attached hydrogens (tertiary/aromatic N) is 5. The summed E-state index contributed by atoms with van der Waals surface area (Å²) in [5.41, 5.74) is 2.85. The number of aromatic nitrogens is 3. The third kappa shape index (κ3) is 6.73. The van der Waals surface area contributed by atoms with Crippen LogP contribution >= 0.6 is 11.3 Å². The van der Waals surface area contributed by atoms with Crippen molar-refractivity contribution in [2.45, 2.75) is 19.6 Å². The standard InChI is InChI=1S/C29H27FN6O5S2/c1-40-28(38)20-5-6-23-24(14-20)36(11-12-43(2,32)39)26(34-23)27(37)35-9-7-19(8-10-35)25-16-33-29(42-25)41-17-21-4-3-18(15-31)13-22(21)30/h3-7,13-14,16,32H,8-12,17H2,1-2H3. The Balaban J connectivity index is 1.31. The maximum absolute atomic E-state index is 14.2. The van der Waals surface area contributed by atoms with E-state index in [0.717, 1.165) is 16.5 Å². The van der Waals surface area contributed by atoms with Crippen molar-refractivity contribution < 1.29 is 27.7 Å². The lowest BCUT2D eigenvalue weighted by Gasteiger charge is -2.26. The lowest BCUT2D eigenvalue weighted by atomic mass is 10.1. The minimum Gasteiger partial charge on any atom is -0.465 e. The average Bonchev–Trinajstić information content (AvgIpc) is 3.62. The van der Waals surface area contributed by atoms with Crippen molar-refractivity contribution in [3.8, 4) is 11.3 Å². The number of benzene rings is 2. The summed E-state index contributed by atoms with van der Waals surface area (Å²) in [5, 5.41) is 9.27. The van der Waals surface area contributed by atoms with Gasteiger partial charge in [0.1, 0.15) is 12.4 Å². The van der Waals surface area contributed by atoms with Gasteiger partial charge in [0.25, 0.3) is 11.1 Å². The Morgan fingerprint density at radius 1 is 1.26 bits per heavy atom. The van der Waals surface area contributed by atoms with Crippen LogP contribution in [0.3, 0.4) is 0 Å². The molecule has 5 rings (SSSR count). The van der Waals surface area contributed by atoms with Crippen LogP contribution in [0.15, 0.2) is 48.7 Å². The van der Waals surface area contributed by atoms with Gasteiger partial charge in [-0.05, 0) is 42.3 Å². The topological polar surface area (TPSA) is 151 Å². The van der Waals surface area contributed by atoms with Crippen LogP contribution < -0.4 is 4.74 Å². The van der Waals surface area contributed by atoms with Gasteiger partial charge in [0.05, 0.1) is 40.2 Å². The van der Waals surface area contributed by atoms with Gasteiger partial charge in [-0.3, -0.25) is 13.8 Å². The number of hydrogen-bond acceptors (Lipinski definition) is 10. The minimum atomic E-state index is -2.85. The first-order valence-corrected chi connectivity index (χ1v) is 16.1. The zero-order valence-electron chi connectivity index (χ0n) is 23.3. The zero-order valence-corrected chi connectivity index (χ0v) is 25.0. The van der Waals surface area contributed by atoms with Crippen molar-refractivity contribution in [2.24, 2.45) is 0 Å². The van der Waals surface area contributed by atoms with Crippen LogP contribution in [0.4, 0.5) is 4.39 Å². The number of rotatable bonds is 9. The van der Waals surface area contributed by atoms with Crippen LogP contribution in [0.5, 0.6) is 5.19 Å². The third-order valence-corrected chi connectivity index (χ3v) is 8.84. The van der Waals surface area contributed by atoms with Crippen LogP contribution in [-0.4, -0.2) is 67.7 Å². The Kier molecular flexibility index (Phi) is 8.56. The molecule has 0 spiro atoms. The van der Waals surface area contributed by atoms with Gasteiger partial charge in [0, 0.05) is 53.1 Å². The quantitative estimate of drug-likeness (QED) is 0.269. The lowest BCUT2D eigenvalue weighted by molar-refractivity contribution is 0.0600. The fraction of sp³-hybridized carbons (Fsp3) is 0.276. The molecule has 0 bridgehead atoms. The smallest absolute Gasteiger partial charge is 0.337 e. The van der Waals surface area contributed by atoms with Crippen LogP contribution in [0.1, 0.15) is 43.4 Å². The van der Waals surface area contributed by atoms with Crippen molar-refractivity contribution in [1.82, 2.24) is 19.4 Å². The summed E-state index contributed by atoms with van der Waals surface area (Å²) in [6.45, 7) is 0.820. The number of carbonyl (C=O) groups excluding carboxylic acids is 2. The van der Waals surface area contributed by atoms with Crippen LogP contribution in [0.2, 0.25) is 0 Å². The third-order valence-electron chi connectivity index (χ3n) is 6.90. The number of amides is 1. The summed E-state index contributed by atoms with van der Waals surface area (Å²) in [7, 11) is -1.57. The Morgan fingerprint density at radius 3 is 2.74 bits per heavy atom. The SMILES string of the molecule is COC(=O)c1ccc2nc(C(=O)N3CC=C(c4cnc(OCc5ccc(C#N)cc5F)s4)CC3)n(CCS(C)(=N)=O)c2c1. The van der Waals surface area contributed by atoms with E-state index in [2.05, 4.69) is 9.97 Å². The molecule has 2 aromatic carbocycles. The highest BCUT2D eigenvalue weighted by Crippen LogP contribution is 2.32. The number of nitrogens with one attached hydrogen (secondary N) is 1. The highest BCUT2D eigenvalue weighted by molar-refractivity contribution is 7.91. The summed E-state index contributed by atoms with van der Waals surface area (Å²) in [5.74, 6) is -1.22. The van der Waals surface area contributed by atoms with Gasteiger partial charge < -0.3 is 18.9 Å². The second-order valence-corrected chi connectivity index (χ2v) is 13.3. The molecule has 1 aliphatic rings. The van der Waals surface area contributed by atoms with Gasteiger partial charge >= 0.3 is 5.97 Å². The molecule has 0 saturated carbocycles. The van der Waals surface area contributed by atoms with E-state index in [0.29, 0.717) is 46.9 Å². The molecule has 1 N–H and O–H groups in total. The maximum atomic E-state index is 14.2. The fourth-order valence-corrected chi connectivity index (χ4v) is 5.95. The number of thiazole rings is 1. The van der Waals surface area contributed by atoms with E-state index in [-0.39, 0.29) is 36.2 Å². The first kappa shape index (κ1) is 29.9. The summed E-state index contributed by atoms with van der Waals surface area (Å²) >= 11 is 1.32.